The van der Waals surface area contributed by atoms with Gasteiger partial charge in [0.1, 0.15) is 5.69 Å². The van der Waals surface area contributed by atoms with Crippen LogP contribution < -0.4 is 10.6 Å². The Labute approximate surface area is 124 Å². The first-order valence-corrected chi connectivity index (χ1v) is 6.77. The summed E-state index contributed by atoms with van der Waals surface area (Å²) in [7, 11) is 3.90. The van der Waals surface area contributed by atoms with Crippen LogP contribution in [0.2, 0.25) is 0 Å². The fraction of sp³-hybridized carbons (Fsp3) is 0.500. The van der Waals surface area contributed by atoms with Crippen molar-refractivity contribution in [1.82, 2.24) is 10.2 Å². The van der Waals surface area contributed by atoms with Gasteiger partial charge in [-0.25, -0.2) is 4.79 Å². The molecular weight excluding hydrogens is 272 g/mol. The van der Waals surface area contributed by atoms with Gasteiger partial charge in [0, 0.05) is 18.7 Å². The number of likely N-dealkylation sites (N-methyl/N-ethyl adjacent to an activating group) is 1. The molecule has 0 unspecified atom stereocenters. The molecule has 0 aromatic heterocycles. The van der Waals surface area contributed by atoms with Crippen LogP contribution in [0.1, 0.15) is 13.8 Å². The number of anilines is 1. The van der Waals surface area contributed by atoms with Gasteiger partial charge in [-0.05, 0) is 26.1 Å². The molecule has 7 nitrogen and oxygen atoms in total. The fourth-order valence-electron chi connectivity index (χ4n) is 2.12. The standard InChI is InChI=1S/C14H22N4O3/c1-10(2)13(17(3)4)9-15-14(19)16-11-7-5-6-8-12(11)18(20)21/h5-8,10,13H,9H2,1-4H3,(H2,15,16,19)/t13-/m1/s1. The summed E-state index contributed by atoms with van der Waals surface area (Å²) in [6.07, 6.45) is 0. The van der Waals surface area contributed by atoms with Crippen LogP contribution in [0.5, 0.6) is 0 Å². The first-order valence-electron chi connectivity index (χ1n) is 6.77. The Bertz CT molecular complexity index is 495. The number of urea groups is 1. The van der Waals surface area contributed by atoms with E-state index in [1.54, 1.807) is 12.1 Å². The molecule has 2 N–H and O–H groups in total. The lowest BCUT2D eigenvalue weighted by Crippen LogP contribution is -2.44. The van der Waals surface area contributed by atoms with Gasteiger partial charge in [0.2, 0.25) is 0 Å². The second-order valence-corrected chi connectivity index (χ2v) is 5.38. The SMILES string of the molecule is CC(C)[C@@H](CNC(=O)Nc1ccccc1[N+](=O)[O-])N(C)C. The molecule has 0 spiro atoms. The summed E-state index contributed by atoms with van der Waals surface area (Å²) in [5.74, 6) is 0.381. The lowest BCUT2D eigenvalue weighted by molar-refractivity contribution is -0.383. The number of carbonyl (C=O) groups excluding carboxylic acids is 1. The smallest absolute Gasteiger partial charge is 0.319 e. The van der Waals surface area contributed by atoms with Gasteiger partial charge in [-0.2, -0.15) is 0 Å². The van der Waals surface area contributed by atoms with Crippen molar-refractivity contribution in [2.24, 2.45) is 5.92 Å². The molecule has 1 rings (SSSR count). The molecule has 1 atom stereocenters. The number of carbonyl (C=O) groups is 1. The number of para-hydroxylation sites is 2. The van der Waals surface area contributed by atoms with E-state index in [9.17, 15) is 14.9 Å². The van der Waals surface area contributed by atoms with E-state index >= 15 is 0 Å². The van der Waals surface area contributed by atoms with Crippen LogP contribution in [0.15, 0.2) is 24.3 Å². The number of rotatable bonds is 6. The van der Waals surface area contributed by atoms with Crippen molar-refractivity contribution in [2.75, 3.05) is 26.0 Å². The molecule has 1 aromatic rings. The maximum atomic E-state index is 11.9. The monoisotopic (exact) mass is 294 g/mol. The molecule has 7 heteroatoms. The van der Waals surface area contributed by atoms with E-state index in [-0.39, 0.29) is 17.4 Å². The molecule has 0 heterocycles. The van der Waals surface area contributed by atoms with E-state index in [1.165, 1.54) is 12.1 Å². The van der Waals surface area contributed by atoms with Gasteiger partial charge in [-0.1, -0.05) is 26.0 Å². The number of hydrogen-bond acceptors (Lipinski definition) is 4. The number of amides is 2. The zero-order valence-corrected chi connectivity index (χ0v) is 12.8. The van der Waals surface area contributed by atoms with E-state index in [0.29, 0.717) is 12.5 Å². The minimum absolute atomic E-state index is 0.124. The average Bonchev–Trinajstić information content (AvgIpc) is 2.38. The molecule has 0 aliphatic carbocycles. The number of hydrogen-bond donors (Lipinski definition) is 2. The summed E-state index contributed by atoms with van der Waals surface area (Å²) in [5, 5.41) is 16.1. The summed E-state index contributed by atoms with van der Waals surface area (Å²) in [4.78, 5) is 24.3. The summed E-state index contributed by atoms with van der Waals surface area (Å²) < 4.78 is 0. The van der Waals surface area contributed by atoms with Gasteiger partial charge in [0.25, 0.3) is 5.69 Å². The molecule has 0 saturated heterocycles. The van der Waals surface area contributed by atoms with E-state index in [0.717, 1.165) is 0 Å². The minimum Gasteiger partial charge on any atom is -0.336 e. The normalized spacial score (nSPS) is 12.3. The van der Waals surface area contributed by atoms with Gasteiger partial charge < -0.3 is 15.5 Å². The highest BCUT2D eigenvalue weighted by Crippen LogP contribution is 2.22. The van der Waals surface area contributed by atoms with E-state index in [4.69, 9.17) is 0 Å². The quantitative estimate of drug-likeness (QED) is 0.622. The van der Waals surface area contributed by atoms with Crippen molar-refractivity contribution in [2.45, 2.75) is 19.9 Å². The molecule has 0 saturated carbocycles. The highest BCUT2D eigenvalue weighted by molar-refractivity contribution is 5.91. The van der Waals surface area contributed by atoms with Crippen LogP contribution >= 0.6 is 0 Å². The van der Waals surface area contributed by atoms with Crippen LogP contribution in [-0.2, 0) is 0 Å². The molecule has 0 bridgehead atoms. The second kappa shape index (κ2) is 7.58. The maximum absolute atomic E-state index is 11.9. The van der Waals surface area contributed by atoms with Crippen molar-refractivity contribution in [3.05, 3.63) is 34.4 Å². The molecule has 0 aliphatic heterocycles. The van der Waals surface area contributed by atoms with E-state index in [2.05, 4.69) is 24.5 Å². The van der Waals surface area contributed by atoms with Crippen molar-refractivity contribution in [3.8, 4) is 0 Å². The molecular formula is C14H22N4O3. The summed E-state index contributed by atoms with van der Waals surface area (Å²) in [6.45, 7) is 4.62. The number of nitrogens with zero attached hydrogens (tertiary/aromatic N) is 2. The number of nitro benzene ring substituents is 1. The van der Waals surface area contributed by atoms with Gasteiger partial charge >= 0.3 is 6.03 Å². The van der Waals surface area contributed by atoms with Gasteiger partial charge in [-0.15, -0.1) is 0 Å². The average molecular weight is 294 g/mol. The first kappa shape index (κ1) is 16.9. The molecule has 21 heavy (non-hydrogen) atoms. The Kier molecular flexibility index (Phi) is 6.10. The van der Waals surface area contributed by atoms with E-state index < -0.39 is 11.0 Å². The Morgan fingerprint density at radius 1 is 1.33 bits per heavy atom. The molecule has 0 radical (unpaired) electrons. The third-order valence-corrected chi connectivity index (χ3v) is 3.25. The third-order valence-electron chi connectivity index (χ3n) is 3.25. The van der Waals surface area contributed by atoms with Gasteiger partial charge in [0.05, 0.1) is 4.92 Å². The van der Waals surface area contributed by atoms with Crippen LogP contribution in [0.4, 0.5) is 16.2 Å². The zero-order chi connectivity index (χ0) is 16.0. The summed E-state index contributed by atoms with van der Waals surface area (Å²) in [5.41, 5.74) is 0.0617. The van der Waals surface area contributed by atoms with Crippen LogP contribution in [0, 0.1) is 16.0 Å². The van der Waals surface area contributed by atoms with Crippen LogP contribution in [-0.4, -0.2) is 42.5 Å². The van der Waals surface area contributed by atoms with E-state index in [1.807, 2.05) is 19.0 Å². The Morgan fingerprint density at radius 3 is 2.48 bits per heavy atom. The maximum Gasteiger partial charge on any atom is 0.319 e. The highest BCUT2D eigenvalue weighted by Gasteiger charge is 2.18. The zero-order valence-electron chi connectivity index (χ0n) is 12.8. The number of nitrogens with one attached hydrogen (secondary N) is 2. The molecule has 116 valence electrons. The lowest BCUT2D eigenvalue weighted by Gasteiger charge is -2.28. The number of benzene rings is 1. The summed E-state index contributed by atoms with van der Waals surface area (Å²) >= 11 is 0. The molecule has 0 fully saturated rings. The molecule has 1 aromatic carbocycles. The van der Waals surface area contributed by atoms with Gasteiger partial charge in [-0.3, -0.25) is 10.1 Å². The van der Waals surface area contributed by atoms with Crippen molar-refractivity contribution < 1.29 is 9.72 Å². The van der Waals surface area contributed by atoms with Crippen molar-refractivity contribution in [1.29, 1.82) is 0 Å². The number of nitro groups is 1. The molecule has 0 aliphatic rings. The predicted molar refractivity (Wildman–Crippen MR) is 82.4 cm³/mol. The third kappa shape index (κ3) is 5.03. The van der Waals surface area contributed by atoms with Crippen molar-refractivity contribution >= 4 is 17.4 Å². The Hall–Kier alpha value is -2.15. The molecule has 2 amide bonds. The van der Waals surface area contributed by atoms with Crippen LogP contribution in [0.25, 0.3) is 0 Å². The predicted octanol–water partition coefficient (Wildman–Crippen LogP) is 2.30. The largest absolute Gasteiger partial charge is 0.336 e. The van der Waals surface area contributed by atoms with Crippen molar-refractivity contribution in [3.63, 3.8) is 0 Å². The summed E-state index contributed by atoms with van der Waals surface area (Å²) in [6, 6.07) is 5.80. The second-order valence-electron chi connectivity index (χ2n) is 5.38. The Morgan fingerprint density at radius 2 is 1.95 bits per heavy atom. The lowest BCUT2D eigenvalue weighted by atomic mass is 10.0. The Balaban J connectivity index is 2.64. The first-order chi connectivity index (χ1) is 9.82. The topological polar surface area (TPSA) is 87.5 Å². The minimum atomic E-state index is -0.521. The van der Waals surface area contributed by atoms with Crippen LogP contribution in [0.3, 0.4) is 0 Å². The fourth-order valence-corrected chi connectivity index (χ4v) is 2.12. The highest BCUT2D eigenvalue weighted by atomic mass is 16.6. The van der Waals surface area contributed by atoms with Gasteiger partial charge in [0.15, 0.2) is 0 Å².